The van der Waals surface area contributed by atoms with Crippen LogP contribution < -0.4 is 9.67 Å². The van der Waals surface area contributed by atoms with E-state index in [-0.39, 0.29) is 20.0 Å². The maximum absolute atomic E-state index is 11.1. The molecule has 0 aliphatic carbocycles. The van der Waals surface area contributed by atoms with Gasteiger partial charge in [0.25, 0.3) is 9.05 Å². The molecule has 4 N–H and O–H groups in total. The van der Waals surface area contributed by atoms with Crippen LogP contribution >= 0.6 is 22.0 Å². The van der Waals surface area contributed by atoms with Crippen LogP contribution in [0, 0.1) is 6.92 Å². The number of carbonyl (C=O) groups excluding carboxylic acids is 1. The molecule has 25 heavy (non-hydrogen) atoms. The van der Waals surface area contributed by atoms with Crippen LogP contribution in [-0.2, 0) is 17.6 Å². The maximum Gasteiger partial charge on any atom is 0.272 e. The monoisotopic (exact) mass is 472 g/mol. The maximum atomic E-state index is 11.1. The molecule has 0 radical (unpaired) electrons. The number of anilines is 1. The molecule has 0 saturated carbocycles. The number of thiazole rings is 1. The van der Waals surface area contributed by atoms with Crippen LogP contribution in [0.3, 0.4) is 0 Å². The minimum atomic E-state index is -5.14. The summed E-state index contributed by atoms with van der Waals surface area (Å²) in [5.41, 5.74) is 1.68. The predicted molar refractivity (Wildman–Crippen MR) is 92.8 cm³/mol. The zero-order chi connectivity index (χ0) is 19.4. The number of phenols is 1. The van der Waals surface area contributed by atoms with E-state index in [9.17, 15) is 22.1 Å². The number of rotatable bonds is 3. The van der Waals surface area contributed by atoms with Gasteiger partial charge in [-0.3, -0.25) is 0 Å². The molecule has 9 nitrogen and oxygen atoms in total. The van der Waals surface area contributed by atoms with Crippen molar-refractivity contribution in [1.82, 2.24) is 4.98 Å². The Morgan fingerprint density at radius 3 is 2.32 bits per heavy atom. The Balaban J connectivity index is 0.000000271. The largest absolute Gasteiger partial charge is 0.272 e. The van der Waals surface area contributed by atoms with Gasteiger partial charge < -0.3 is 0 Å². The number of nitrogens with one attached hydrogen (secondary N) is 1. The van der Waals surface area contributed by atoms with Crippen LogP contribution in [0.5, 0.6) is 5.75 Å². The number of aromatic nitrogens is 1. The van der Waals surface area contributed by atoms with Gasteiger partial charge in [-0.25, -0.2) is 13.4 Å². The van der Waals surface area contributed by atoms with E-state index in [0.717, 1.165) is 11.3 Å². The number of amides is 1. The third kappa shape index (κ3) is 6.46. The molecule has 0 saturated heterocycles. The molecule has 1 heterocycles. The number of para-hydroxylation sites is 1. The molecular weight excluding hydrogens is 459 g/mol. The molecule has 0 fully saturated rings. The first-order valence-electron chi connectivity index (χ1n) is 6.34. The fourth-order valence-electron chi connectivity index (χ4n) is 1.60. The average Bonchev–Trinajstić information content (AvgIpc) is 2.86. The summed E-state index contributed by atoms with van der Waals surface area (Å²) in [7, 11) is 1.49. The summed E-state index contributed by atoms with van der Waals surface area (Å²) in [5.74, 6) is -0.880. The SMILES string of the molecule is CC(=O)Nc1c(O)cccc1[As](=O)(O)O.Cc1ncsc1S(=O)(=O)Cl. The van der Waals surface area contributed by atoms with Gasteiger partial charge in [-0.1, -0.05) is 0 Å². The normalized spacial score (nSPS) is 11.4. The molecule has 2 rings (SSSR count). The van der Waals surface area contributed by atoms with Gasteiger partial charge in [0.15, 0.2) is 4.21 Å². The number of carbonyl (C=O) groups is 1. The van der Waals surface area contributed by atoms with Gasteiger partial charge in [0, 0.05) is 10.7 Å². The standard InChI is InChI=1S/C8H10AsNO5.C4H4ClNO2S2/c1-5(11)10-8-6(9(13,14)15)3-2-4-7(8)12;1-3-4(9-2-6-3)10(5,7)8/h2-4,12H,1H3,(H,10,11)(H2,13,14,15);2H,1H3. The third-order valence-corrected chi connectivity index (χ3v) is 7.80. The molecule has 0 spiro atoms. The minimum Gasteiger partial charge on any atom is -0.249 e. The van der Waals surface area contributed by atoms with E-state index in [1.165, 1.54) is 30.6 Å². The second-order valence-electron chi connectivity index (χ2n) is 4.56. The number of aromatic hydroxyl groups is 1. The zero-order valence-corrected chi connectivity index (χ0v) is 17.1. The van der Waals surface area contributed by atoms with Crippen LogP contribution in [0.25, 0.3) is 0 Å². The van der Waals surface area contributed by atoms with Gasteiger partial charge in [-0.05, 0) is 6.92 Å². The number of hydrogen-bond donors (Lipinski definition) is 4. The van der Waals surface area contributed by atoms with Gasteiger partial charge in [0.2, 0.25) is 0 Å². The van der Waals surface area contributed by atoms with Crippen molar-refractivity contribution in [1.29, 1.82) is 0 Å². The van der Waals surface area contributed by atoms with Crippen molar-refractivity contribution in [3.63, 3.8) is 0 Å². The molecule has 1 aromatic carbocycles. The number of nitrogens with zero attached hydrogens (tertiary/aromatic N) is 1. The molecule has 0 aliphatic rings. The van der Waals surface area contributed by atoms with Crippen molar-refractivity contribution < 1.29 is 30.2 Å². The molecule has 0 atom stereocenters. The van der Waals surface area contributed by atoms with E-state index in [0.29, 0.717) is 5.69 Å². The third-order valence-electron chi connectivity index (χ3n) is 2.56. The van der Waals surface area contributed by atoms with Gasteiger partial charge >= 0.3 is 88.1 Å². The van der Waals surface area contributed by atoms with Crippen molar-refractivity contribution in [2.75, 3.05) is 5.32 Å². The Morgan fingerprint density at radius 2 is 1.96 bits per heavy atom. The second-order valence-corrected chi connectivity index (χ2v) is 11.5. The summed E-state index contributed by atoms with van der Waals surface area (Å²) in [6.45, 7) is 2.79. The van der Waals surface area contributed by atoms with Crippen molar-refractivity contribution in [3.05, 3.63) is 29.4 Å². The molecule has 13 heteroatoms. The summed E-state index contributed by atoms with van der Waals surface area (Å²) in [6, 6.07) is 3.71. The van der Waals surface area contributed by atoms with Crippen molar-refractivity contribution in [2.24, 2.45) is 0 Å². The number of benzene rings is 1. The zero-order valence-electron chi connectivity index (χ0n) is 12.9. The fourth-order valence-corrected chi connectivity index (χ4v) is 5.34. The molecule has 0 aliphatic heterocycles. The number of halogens is 1. The molecule has 2 aromatic rings. The first-order chi connectivity index (χ1) is 11.3. The van der Waals surface area contributed by atoms with E-state index in [4.69, 9.17) is 18.9 Å². The van der Waals surface area contributed by atoms with E-state index in [1.54, 1.807) is 6.92 Å². The quantitative estimate of drug-likeness (QED) is 0.282. The van der Waals surface area contributed by atoms with Gasteiger partial charge in [-0.15, -0.1) is 11.3 Å². The average molecular weight is 473 g/mol. The first kappa shape index (κ1) is 21.7. The second kappa shape index (κ2) is 8.35. The Morgan fingerprint density at radius 1 is 1.36 bits per heavy atom. The Labute approximate surface area is 154 Å². The van der Waals surface area contributed by atoms with E-state index >= 15 is 0 Å². The van der Waals surface area contributed by atoms with Crippen LogP contribution in [0.1, 0.15) is 12.6 Å². The molecule has 0 bridgehead atoms. The summed E-state index contributed by atoms with van der Waals surface area (Å²) in [6.07, 6.45) is 0. The summed E-state index contributed by atoms with van der Waals surface area (Å²) in [5, 5.41) is 11.5. The van der Waals surface area contributed by atoms with Crippen LogP contribution in [0.4, 0.5) is 5.69 Å². The van der Waals surface area contributed by atoms with Crippen molar-refractivity contribution in [2.45, 2.75) is 18.1 Å². The number of aryl methyl sites for hydroxylation is 1. The molecule has 1 amide bonds. The number of hydrogen-bond acceptors (Lipinski definition) is 7. The molecular formula is C12H14AsClN2O7S2. The van der Waals surface area contributed by atoms with Crippen LogP contribution in [0.2, 0.25) is 0 Å². The fraction of sp³-hybridized carbons (Fsp3) is 0.167. The number of phenolic OH excluding ortho intramolecular Hbond substituents is 1. The minimum absolute atomic E-state index is 0.133. The summed E-state index contributed by atoms with van der Waals surface area (Å²) < 4.78 is 50.2. The van der Waals surface area contributed by atoms with Gasteiger partial charge in [0.05, 0.1) is 11.2 Å². The topological polar surface area (TPSA) is 154 Å². The summed E-state index contributed by atoms with van der Waals surface area (Å²) in [4.78, 5) is 14.5. The molecule has 138 valence electrons. The molecule has 1 aromatic heterocycles. The van der Waals surface area contributed by atoms with Crippen molar-refractivity contribution in [3.8, 4) is 5.75 Å². The Hall–Kier alpha value is -1.36. The smallest absolute Gasteiger partial charge is 0.249 e. The first-order valence-corrected chi connectivity index (χ1v) is 12.9. The van der Waals surface area contributed by atoms with E-state index in [2.05, 4.69) is 10.3 Å². The van der Waals surface area contributed by atoms with Crippen molar-refractivity contribution >= 4 is 61.2 Å². The van der Waals surface area contributed by atoms with Gasteiger partial charge in [0.1, 0.15) is 0 Å². The van der Waals surface area contributed by atoms with Gasteiger partial charge in [-0.2, -0.15) is 0 Å². The molecule has 0 unspecified atom stereocenters. The van der Waals surface area contributed by atoms with E-state index in [1.807, 2.05) is 0 Å². The Bertz CT molecular complexity index is 923. The van der Waals surface area contributed by atoms with Crippen LogP contribution in [0.15, 0.2) is 27.9 Å². The summed E-state index contributed by atoms with van der Waals surface area (Å²) >= 11 is -4.12. The van der Waals surface area contributed by atoms with Crippen LogP contribution in [-0.4, -0.2) is 46.8 Å². The van der Waals surface area contributed by atoms with E-state index < -0.39 is 29.1 Å². The Kier molecular flexibility index (Phi) is 7.24. The predicted octanol–water partition coefficient (Wildman–Crippen LogP) is 0.291.